The Morgan fingerprint density at radius 1 is 1.07 bits per heavy atom. The van der Waals surface area contributed by atoms with Crippen LogP contribution in [-0.4, -0.2) is 28.9 Å². The molecule has 1 N–H and O–H groups in total. The maximum absolute atomic E-state index is 12.9. The van der Waals surface area contributed by atoms with Crippen molar-refractivity contribution in [1.29, 1.82) is 0 Å². The molecule has 0 aliphatic heterocycles. The molecule has 1 heterocycles. The number of aromatic nitrogens is 2. The van der Waals surface area contributed by atoms with E-state index in [4.69, 9.17) is 21.1 Å². The number of amides is 1. The van der Waals surface area contributed by atoms with Crippen molar-refractivity contribution in [2.24, 2.45) is 0 Å². The molecule has 2 aromatic carbocycles. The smallest absolute Gasteiger partial charge is 0.255 e. The van der Waals surface area contributed by atoms with Gasteiger partial charge >= 0.3 is 0 Å². The van der Waals surface area contributed by atoms with Crippen molar-refractivity contribution in [3.05, 3.63) is 70.0 Å². The standard InChI is InChI=1S/C23H26ClN3O3/c1-5-29-20-12-11-17(13-21(20)30-6-2)23(28)25-22-15(3)26-27(16(22)4)14-18-9-7-8-10-19(18)24/h7-13H,5-6,14H2,1-4H3,(H,25,28). The Balaban J connectivity index is 1.83. The number of anilines is 1. The van der Waals surface area contributed by atoms with Crippen LogP contribution in [0.5, 0.6) is 11.5 Å². The monoisotopic (exact) mass is 427 g/mol. The summed E-state index contributed by atoms with van der Waals surface area (Å²) in [7, 11) is 0. The van der Waals surface area contributed by atoms with Gasteiger partial charge in [0, 0.05) is 10.6 Å². The minimum Gasteiger partial charge on any atom is -0.490 e. The molecule has 3 rings (SSSR count). The van der Waals surface area contributed by atoms with Crippen LogP contribution in [0.2, 0.25) is 5.02 Å². The van der Waals surface area contributed by atoms with E-state index in [1.54, 1.807) is 18.2 Å². The average molecular weight is 428 g/mol. The molecule has 1 aromatic heterocycles. The van der Waals surface area contributed by atoms with E-state index in [2.05, 4.69) is 10.4 Å². The topological polar surface area (TPSA) is 65.4 Å². The number of nitrogens with one attached hydrogen (secondary N) is 1. The summed E-state index contributed by atoms with van der Waals surface area (Å²) in [6, 6.07) is 12.8. The van der Waals surface area contributed by atoms with E-state index >= 15 is 0 Å². The first-order chi connectivity index (χ1) is 14.4. The lowest BCUT2D eigenvalue weighted by Crippen LogP contribution is -2.14. The SMILES string of the molecule is CCOc1ccc(C(=O)Nc2c(C)nn(Cc3ccccc3Cl)c2C)cc1OCC. The average Bonchev–Trinajstić information content (AvgIpc) is 2.98. The van der Waals surface area contributed by atoms with E-state index in [0.29, 0.717) is 47.5 Å². The first-order valence-corrected chi connectivity index (χ1v) is 10.3. The highest BCUT2D eigenvalue weighted by atomic mass is 35.5. The van der Waals surface area contributed by atoms with Crippen molar-refractivity contribution < 1.29 is 14.3 Å². The minimum atomic E-state index is -0.234. The van der Waals surface area contributed by atoms with Gasteiger partial charge in [0.25, 0.3) is 5.91 Å². The highest BCUT2D eigenvalue weighted by Gasteiger charge is 2.17. The van der Waals surface area contributed by atoms with Gasteiger partial charge in [-0.2, -0.15) is 5.10 Å². The number of ether oxygens (including phenoxy) is 2. The second-order valence-electron chi connectivity index (χ2n) is 6.78. The van der Waals surface area contributed by atoms with E-state index in [1.807, 2.05) is 56.6 Å². The van der Waals surface area contributed by atoms with Crippen molar-refractivity contribution in [3.8, 4) is 11.5 Å². The highest BCUT2D eigenvalue weighted by Crippen LogP contribution is 2.29. The molecular weight excluding hydrogens is 402 g/mol. The molecule has 30 heavy (non-hydrogen) atoms. The summed E-state index contributed by atoms with van der Waals surface area (Å²) < 4.78 is 13.0. The highest BCUT2D eigenvalue weighted by molar-refractivity contribution is 6.31. The molecule has 7 heteroatoms. The Kier molecular flexibility index (Phi) is 7.00. The summed E-state index contributed by atoms with van der Waals surface area (Å²) in [5, 5.41) is 8.25. The normalized spacial score (nSPS) is 10.7. The molecule has 1 amide bonds. The van der Waals surface area contributed by atoms with E-state index in [1.165, 1.54) is 0 Å². The van der Waals surface area contributed by atoms with E-state index in [0.717, 1.165) is 17.0 Å². The molecule has 0 spiro atoms. The molecule has 6 nitrogen and oxygen atoms in total. The van der Waals surface area contributed by atoms with Gasteiger partial charge in [-0.3, -0.25) is 9.48 Å². The van der Waals surface area contributed by atoms with Crippen LogP contribution in [0.1, 0.15) is 41.2 Å². The van der Waals surface area contributed by atoms with Crippen LogP contribution in [0.15, 0.2) is 42.5 Å². The maximum Gasteiger partial charge on any atom is 0.255 e. The largest absolute Gasteiger partial charge is 0.490 e. The number of hydrogen-bond acceptors (Lipinski definition) is 4. The Hall–Kier alpha value is -2.99. The second kappa shape index (κ2) is 9.67. The van der Waals surface area contributed by atoms with Crippen molar-refractivity contribution in [2.75, 3.05) is 18.5 Å². The third-order valence-electron chi connectivity index (χ3n) is 4.70. The van der Waals surface area contributed by atoms with Crippen LogP contribution in [0.3, 0.4) is 0 Å². The Labute approximate surface area is 181 Å². The quantitative estimate of drug-likeness (QED) is 0.533. The van der Waals surface area contributed by atoms with Crippen LogP contribution in [0.4, 0.5) is 5.69 Å². The third-order valence-corrected chi connectivity index (χ3v) is 5.07. The van der Waals surface area contributed by atoms with Crippen LogP contribution < -0.4 is 14.8 Å². The number of benzene rings is 2. The number of carbonyl (C=O) groups is 1. The number of nitrogens with zero attached hydrogens (tertiary/aromatic N) is 2. The molecule has 0 unspecified atom stereocenters. The molecular formula is C23H26ClN3O3. The van der Waals surface area contributed by atoms with Gasteiger partial charge < -0.3 is 14.8 Å². The van der Waals surface area contributed by atoms with Gasteiger partial charge in [-0.15, -0.1) is 0 Å². The summed E-state index contributed by atoms with van der Waals surface area (Å²) in [4.78, 5) is 12.9. The Morgan fingerprint density at radius 3 is 2.47 bits per heavy atom. The van der Waals surface area contributed by atoms with Crippen LogP contribution in [0, 0.1) is 13.8 Å². The molecule has 0 radical (unpaired) electrons. The molecule has 3 aromatic rings. The van der Waals surface area contributed by atoms with E-state index in [-0.39, 0.29) is 5.91 Å². The summed E-state index contributed by atoms with van der Waals surface area (Å²) in [5.74, 6) is 0.938. The summed E-state index contributed by atoms with van der Waals surface area (Å²) in [5.41, 5.74) is 3.74. The molecule has 0 atom stereocenters. The van der Waals surface area contributed by atoms with Gasteiger partial charge in [0.1, 0.15) is 0 Å². The van der Waals surface area contributed by atoms with Gasteiger partial charge in [-0.25, -0.2) is 0 Å². The van der Waals surface area contributed by atoms with E-state index < -0.39 is 0 Å². The number of carbonyl (C=O) groups excluding carboxylic acids is 1. The predicted octanol–water partition coefficient (Wildman–Crippen LogP) is 5.25. The fraction of sp³-hybridized carbons (Fsp3) is 0.304. The number of hydrogen-bond donors (Lipinski definition) is 1. The third kappa shape index (κ3) is 4.76. The Morgan fingerprint density at radius 2 is 1.77 bits per heavy atom. The molecule has 0 aliphatic carbocycles. The Bertz CT molecular complexity index is 1050. The lowest BCUT2D eigenvalue weighted by atomic mass is 10.1. The maximum atomic E-state index is 12.9. The zero-order valence-corrected chi connectivity index (χ0v) is 18.4. The summed E-state index contributed by atoms with van der Waals surface area (Å²) in [6.07, 6.45) is 0. The van der Waals surface area contributed by atoms with Gasteiger partial charge in [0.05, 0.1) is 36.8 Å². The molecule has 0 bridgehead atoms. The number of aryl methyl sites for hydroxylation is 1. The molecule has 0 saturated carbocycles. The van der Waals surface area contributed by atoms with Crippen molar-refractivity contribution in [1.82, 2.24) is 9.78 Å². The van der Waals surface area contributed by atoms with Crippen molar-refractivity contribution in [2.45, 2.75) is 34.2 Å². The van der Waals surface area contributed by atoms with E-state index in [9.17, 15) is 4.79 Å². The first kappa shape index (κ1) is 21.7. The van der Waals surface area contributed by atoms with Crippen LogP contribution in [0.25, 0.3) is 0 Å². The first-order valence-electron chi connectivity index (χ1n) is 9.93. The summed E-state index contributed by atoms with van der Waals surface area (Å²) >= 11 is 6.28. The van der Waals surface area contributed by atoms with Gasteiger partial charge in [-0.05, 0) is 57.5 Å². The fourth-order valence-electron chi connectivity index (χ4n) is 3.20. The molecule has 0 aliphatic rings. The van der Waals surface area contributed by atoms with Gasteiger partial charge in [-0.1, -0.05) is 29.8 Å². The van der Waals surface area contributed by atoms with Gasteiger partial charge in [0.2, 0.25) is 0 Å². The molecule has 0 saturated heterocycles. The van der Waals surface area contributed by atoms with Crippen molar-refractivity contribution in [3.63, 3.8) is 0 Å². The second-order valence-corrected chi connectivity index (χ2v) is 7.18. The van der Waals surface area contributed by atoms with Gasteiger partial charge in [0.15, 0.2) is 11.5 Å². The van der Waals surface area contributed by atoms with Crippen LogP contribution in [-0.2, 0) is 6.54 Å². The summed E-state index contributed by atoms with van der Waals surface area (Å²) in [6.45, 7) is 9.13. The fourth-order valence-corrected chi connectivity index (χ4v) is 3.39. The van der Waals surface area contributed by atoms with Crippen LogP contribution >= 0.6 is 11.6 Å². The lowest BCUT2D eigenvalue weighted by Gasteiger charge is -2.13. The number of halogens is 1. The lowest BCUT2D eigenvalue weighted by molar-refractivity contribution is 0.102. The zero-order chi connectivity index (χ0) is 21.7. The van der Waals surface area contributed by atoms with Crippen molar-refractivity contribution >= 4 is 23.2 Å². The minimum absolute atomic E-state index is 0.234. The molecule has 0 fully saturated rings. The number of rotatable bonds is 8. The molecule has 158 valence electrons. The zero-order valence-electron chi connectivity index (χ0n) is 17.7. The predicted molar refractivity (Wildman–Crippen MR) is 119 cm³/mol.